The Morgan fingerprint density at radius 3 is 2.62 bits per heavy atom. The van der Waals surface area contributed by atoms with Crippen LogP contribution >= 0.6 is 11.8 Å². The average molecular weight is 377 g/mol. The van der Waals surface area contributed by atoms with Crippen molar-refractivity contribution in [2.24, 2.45) is 0 Å². The molecule has 3 atom stereocenters. The smallest absolute Gasteiger partial charge is 0.267 e. The van der Waals surface area contributed by atoms with Crippen LogP contribution < -0.4 is 10.8 Å². The van der Waals surface area contributed by atoms with Crippen LogP contribution in [-0.2, 0) is 25.6 Å². The number of amides is 3. The van der Waals surface area contributed by atoms with E-state index < -0.39 is 16.8 Å². The number of fused-ring (bicyclic) bond motifs is 1. The Labute approximate surface area is 156 Å². The van der Waals surface area contributed by atoms with Crippen LogP contribution in [0.25, 0.3) is 0 Å². The standard InChI is InChI=1S/C18H23N3O4S/c1-4-25-20-15(23)14-18(2,3)26-17-13(16(24)21(14)17)19-12(22)10-11-8-6-5-7-9-11/h5-9,13-14,17H,4,10H2,1-3H3,(H,19,22)(H,20,23)/t13-,14+,17-/m1/s1. The quantitative estimate of drug-likeness (QED) is 0.567. The van der Waals surface area contributed by atoms with E-state index in [0.717, 1.165) is 5.56 Å². The highest BCUT2D eigenvalue weighted by molar-refractivity contribution is 8.01. The van der Waals surface area contributed by atoms with Gasteiger partial charge in [-0.1, -0.05) is 30.3 Å². The number of rotatable bonds is 6. The summed E-state index contributed by atoms with van der Waals surface area (Å²) in [5.41, 5.74) is 3.28. The minimum Gasteiger partial charge on any atom is -0.341 e. The molecule has 3 rings (SSSR count). The van der Waals surface area contributed by atoms with E-state index in [1.807, 2.05) is 44.2 Å². The fourth-order valence-electron chi connectivity index (χ4n) is 3.38. The fourth-order valence-corrected chi connectivity index (χ4v) is 5.01. The number of hydrogen-bond donors (Lipinski definition) is 2. The van der Waals surface area contributed by atoms with Gasteiger partial charge < -0.3 is 10.2 Å². The predicted octanol–water partition coefficient (Wildman–Crippen LogP) is 0.844. The van der Waals surface area contributed by atoms with Gasteiger partial charge in [-0.05, 0) is 26.3 Å². The number of nitrogens with one attached hydrogen (secondary N) is 2. The summed E-state index contributed by atoms with van der Waals surface area (Å²) in [5, 5.41) is 2.57. The van der Waals surface area contributed by atoms with Crippen molar-refractivity contribution >= 4 is 29.5 Å². The lowest BCUT2D eigenvalue weighted by molar-refractivity contribution is -0.158. The first-order chi connectivity index (χ1) is 12.3. The maximum atomic E-state index is 12.6. The van der Waals surface area contributed by atoms with Gasteiger partial charge in [0.15, 0.2) is 0 Å². The summed E-state index contributed by atoms with van der Waals surface area (Å²) in [4.78, 5) is 43.8. The minimum atomic E-state index is -0.626. The third kappa shape index (κ3) is 3.43. The summed E-state index contributed by atoms with van der Waals surface area (Å²) in [6, 6.07) is 8.15. The predicted molar refractivity (Wildman–Crippen MR) is 97.9 cm³/mol. The third-order valence-corrected chi connectivity index (χ3v) is 6.10. The van der Waals surface area contributed by atoms with Crippen molar-refractivity contribution in [3.05, 3.63) is 35.9 Å². The molecule has 2 N–H and O–H groups in total. The van der Waals surface area contributed by atoms with Crippen molar-refractivity contribution in [1.29, 1.82) is 0 Å². The maximum Gasteiger partial charge on any atom is 0.267 e. The monoisotopic (exact) mass is 377 g/mol. The normalized spacial score (nSPS) is 26.0. The maximum absolute atomic E-state index is 12.6. The van der Waals surface area contributed by atoms with Crippen LogP contribution in [0.3, 0.4) is 0 Å². The van der Waals surface area contributed by atoms with E-state index in [1.165, 1.54) is 11.8 Å². The Morgan fingerprint density at radius 1 is 1.27 bits per heavy atom. The summed E-state index contributed by atoms with van der Waals surface area (Å²) >= 11 is 1.52. The number of β-lactam (4-membered cyclic amide) rings is 1. The van der Waals surface area contributed by atoms with Gasteiger partial charge in [0.05, 0.1) is 13.0 Å². The van der Waals surface area contributed by atoms with E-state index in [-0.39, 0.29) is 29.5 Å². The van der Waals surface area contributed by atoms with E-state index in [2.05, 4.69) is 10.8 Å². The molecule has 0 aliphatic carbocycles. The van der Waals surface area contributed by atoms with E-state index >= 15 is 0 Å². The van der Waals surface area contributed by atoms with Crippen LogP contribution in [-0.4, -0.2) is 51.4 Å². The molecule has 1 aromatic carbocycles. The first kappa shape index (κ1) is 18.7. The lowest BCUT2D eigenvalue weighted by Crippen LogP contribution is -2.71. The molecule has 2 aliphatic rings. The molecule has 0 saturated carbocycles. The molecular weight excluding hydrogens is 354 g/mol. The number of benzene rings is 1. The van der Waals surface area contributed by atoms with E-state index in [9.17, 15) is 14.4 Å². The van der Waals surface area contributed by atoms with E-state index in [0.29, 0.717) is 6.61 Å². The number of hydrogen-bond acceptors (Lipinski definition) is 5. The molecule has 2 aliphatic heterocycles. The highest BCUT2D eigenvalue weighted by Gasteiger charge is 2.64. The molecule has 0 unspecified atom stereocenters. The molecule has 26 heavy (non-hydrogen) atoms. The Bertz CT molecular complexity index is 710. The third-order valence-electron chi connectivity index (χ3n) is 4.53. The molecule has 140 valence electrons. The first-order valence-corrected chi connectivity index (χ1v) is 9.48. The summed E-state index contributed by atoms with van der Waals surface area (Å²) in [6.07, 6.45) is 0.222. The molecule has 7 nitrogen and oxygen atoms in total. The van der Waals surface area contributed by atoms with Gasteiger partial charge in [-0.3, -0.25) is 19.2 Å². The molecule has 0 aromatic heterocycles. The zero-order valence-electron chi connectivity index (χ0n) is 15.0. The van der Waals surface area contributed by atoms with Crippen LogP contribution in [0.15, 0.2) is 30.3 Å². The Morgan fingerprint density at radius 2 is 1.96 bits per heavy atom. The zero-order chi connectivity index (χ0) is 18.9. The second kappa shape index (κ2) is 7.28. The SMILES string of the molecule is CCONC(=O)[C@@H]1N2C(=O)[C@@H](NC(=O)Cc3ccccc3)[C@H]2SC1(C)C. The van der Waals surface area contributed by atoms with Crippen molar-refractivity contribution in [1.82, 2.24) is 15.7 Å². The van der Waals surface area contributed by atoms with Gasteiger partial charge in [-0.15, -0.1) is 11.8 Å². The molecular formula is C18H23N3O4S. The van der Waals surface area contributed by atoms with Crippen LogP contribution in [0.5, 0.6) is 0 Å². The lowest BCUT2D eigenvalue weighted by atomic mass is 9.95. The molecule has 2 saturated heterocycles. The number of carbonyl (C=O) groups is 3. The largest absolute Gasteiger partial charge is 0.341 e. The summed E-state index contributed by atoms with van der Waals surface area (Å²) < 4.78 is -0.472. The Balaban J connectivity index is 1.64. The van der Waals surface area contributed by atoms with Crippen LogP contribution in [0.1, 0.15) is 26.3 Å². The molecule has 3 amide bonds. The van der Waals surface area contributed by atoms with Gasteiger partial charge in [-0.2, -0.15) is 0 Å². The van der Waals surface area contributed by atoms with Crippen LogP contribution in [0.4, 0.5) is 0 Å². The Kier molecular flexibility index (Phi) is 5.24. The molecule has 1 aromatic rings. The van der Waals surface area contributed by atoms with Gasteiger partial charge in [0.1, 0.15) is 17.5 Å². The van der Waals surface area contributed by atoms with Gasteiger partial charge in [0.25, 0.3) is 5.91 Å². The molecule has 8 heteroatoms. The number of nitrogens with zero attached hydrogens (tertiary/aromatic N) is 1. The van der Waals surface area contributed by atoms with Gasteiger partial charge in [0, 0.05) is 4.75 Å². The average Bonchev–Trinajstić information content (AvgIpc) is 2.86. The Hall–Kier alpha value is -2.06. The number of thioether (sulfide) groups is 1. The van der Waals surface area contributed by atoms with Crippen molar-refractivity contribution < 1.29 is 19.2 Å². The summed E-state index contributed by atoms with van der Waals surface area (Å²) in [5.74, 6) is -0.768. The summed E-state index contributed by atoms with van der Waals surface area (Å²) in [7, 11) is 0. The molecule has 2 heterocycles. The highest BCUT2D eigenvalue weighted by atomic mass is 32.2. The topological polar surface area (TPSA) is 87.7 Å². The van der Waals surface area contributed by atoms with Gasteiger partial charge in [0.2, 0.25) is 11.8 Å². The zero-order valence-corrected chi connectivity index (χ0v) is 15.8. The number of carbonyl (C=O) groups excluding carboxylic acids is 3. The van der Waals surface area contributed by atoms with Crippen molar-refractivity contribution in [2.45, 2.75) is 49.4 Å². The van der Waals surface area contributed by atoms with Crippen molar-refractivity contribution in [3.63, 3.8) is 0 Å². The van der Waals surface area contributed by atoms with E-state index in [1.54, 1.807) is 11.8 Å². The van der Waals surface area contributed by atoms with Crippen molar-refractivity contribution in [3.8, 4) is 0 Å². The van der Waals surface area contributed by atoms with Crippen LogP contribution in [0.2, 0.25) is 0 Å². The molecule has 2 fully saturated rings. The highest BCUT2D eigenvalue weighted by Crippen LogP contribution is 2.50. The number of hydroxylamine groups is 1. The van der Waals surface area contributed by atoms with Crippen LogP contribution in [0, 0.1) is 0 Å². The van der Waals surface area contributed by atoms with Gasteiger partial charge in [-0.25, -0.2) is 5.48 Å². The second-order valence-corrected chi connectivity index (χ2v) is 8.64. The minimum absolute atomic E-state index is 0.199. The lowest BCUT2D eigenvalue weighted by Gasteiger charge is -2.44. The fraction of sp³-hybridized carbons (Fsp3) is 0.500. The van der Waals surface area contributed by atoms with E-state index in [4.69, 9.17) is 4.84 Å². The molecule has 0 spiro atoms. The molecule has 0 radical (unpaired) electrons. The molecule has 0 bridgehead atoms. The van der Waals surface area contributed by atoms with Gasteiger partial charge >= 0.3 is 0 Å². The summed E-state index contributed by atoms with van der Waals surface area (Å²) in [6.45, 7) is 5.96. The second-order valence-electron chi connectivity index (χ2n) is 6.87. The first-order valence-electron chi connectivity index (χ1n) is 8.60. The van der Waals surface area contributed by atoms with Crippen molar-refractivity contribution in [2.75, 3.05) is 6.61 Å².